The average Bonchev–Trinajstić information content (AvgIpc) is 2.89. The summed E-state index contributed by atoms with van der Waals surface area (Å²) in [5, 5.41) is 2.99. The van der Waals surface area contributed by atoms with Crippen LogP contribution in [0.5, 0.6) is 0 Å². The number of carbonyl (C=O) groups excluding carboxylic acids is 1. The maximum Gasteiger partial charge on any atom is 0.255 e. The highest BCUT2D eigenvalue weighted by atomic mass is 16.1. The zero-order valence-corrected chi connectivity index (χ0v) is 12.5. The van der Waals surface area contributed by atoms with Gasteiger partial charge in [0.2, 0.25) is 0 Å². The molecule has 0 atom stereocenters. The first-order valence-electron chi connectivity index (χ1n) is 7.43. The lowest BCUT2D eigenvalue weighted by atomic mass is 10.1. The molecular weight excluding hydrogens is 260 g/mol. The molecule has 1 heterocycles. The quantitative estimate of drug-likeness (QED) is 0.931. The minimum absolute atomic E-state index is 0.0558. The Labute approximate surface area is 125 Å². The lowest BCUT2D eigenvalue weighted by molar-refractivity contribution is 0.102. The van der Waals surface area contributed by atoms with E-state index in [2.05, 4.69) is 29.3 Å². The van der Waals surface area contributed by atoms with Gasteiger partial charge in [0.15, 0.2) is 0 Å². The summed E-state index contributed by atoms with van der Waals surface area (Å²) in [7, 11) is 0. The van der Waals surface area contributed by atoms with E-state index in [1.807, 2.05) is 37.3 Å². The van der Waals surface area contributed by atoms with Gasteiger partial charge in [0.25, 0.3) is 5.91 Å². The van der Waals surface area contributed by atoms with Gasteiger partial charge in [0, 0.05) is 30.0 Å². The number of aryl methyl sites for hydroxylation is 1. The zero-order chi connectivity index (χ0) is 14.8. The highest BCUT2D eigenvalue weighted by molar-refractivity contribution is 6.04. The number of nitrogens with one attached hydrogen (secondary N) is 1. The van der Waals surface area contributed by atoms with E-state index in [-0.39, 0.29) is 5.91 Å². The third-order valence-corrected chi connectivity index (χ3v) is 4.00. The lowest BCUT2D eigenvalue weighted by Gasteiger charge is -2.17. The van der Waals surface area contributed by atoms with E-state index in [0.29, 0.717) is 5.56 Å². The van der Waals surface area contributed by atoms with Crippen molar-refractivity contribution in [2.75, 3.05) is 23.3 Å². The lowest BCUT2D eigenvalue weighted by Crippen LogP contribution is -2.19. The van der Waals surface area contributed by atoms with Crippen LogP contribution < -0.4 is 10.2 Å². The predicted octanol–water partition coefficient (Wildman–Crippen LogP) is 3.63. The molecule has 3 rings (SSSR count). The Morgan fingerprint density at radius 3 is 2.86 bits per heavy atom. The van der Waals surface area contributed by atoms with Crippen molar-refractivity contribution in [2.45, 2.75) is 20.3 Å². The molecule has 1 aliphatic heterocycles. The van der Waals surface area contributed by atoms with Crippen LogP contribution in [0.15, 0.2) is 42.5 Å². The normalized spacial score (nSPS) is 13.1. The molecule has 0 aromatic heterocycles. The fourth-order valence-corrected chi connectivity index (χ4v) is 2.84. The number of likely N-dealkylation sites (N-methyl/N-ethyl adjacent to an activating group) is 1. The van der Waals surface area contributed by atoms with Crippen molar-refractivity contribution < 1.29 is 4.79 Å². The average molecular weight is 280 g/mol. The van der Waals surface area contributed by atoms with Crippen molar-refractivity contribution in [1.29, 1.82) is 0 Å². The third kappa shape index (κ3) is 2.77. The van der Waals surface area contributed by atoms with E-state index in [4.69, 9.17) is 0 Å². The molecule has 0 aliphatic carbocycles. The minimum atomic E-state index is -0.0558. The first-order valence-corrected chi connectivity index (χ1v) is 7.43. The van der Waals surface area contributed by atoms with Gasteiger partial charge in [-0.15, -0.1) is 0 Å². The molecule has 0 saturated carbocycles. The Morgan fingerprint density at radius 1 is 1.24 bits per heavy atom. The molecule has 0 bridgehead atoms. The summed E-state index contributed by atoms with van der Waals surface area (Å²) in [5.41, 5.74) is 5.27. The second-order valence-electron chi connectivity index (χ2n) is 5.50. The highest BCUT2D eigenvalue weighted by Gasteiger charge is 2.18. The molecule has 3 heteroatoms. The molecule has 1 N–H and O–H groups in total. The van der Waals surface area contributed by atoms with Crippen molar-refractivity contribution in [3.63, 3.8) is 0 Å². The largest absolute Gasteiger partial charge is 0.371 e. The van der Waals surface area contributed by atoms with Crippen molar-refractivity contribution in [3.05, 3.63) is 59.2 Å². The number of fused-ring (bicyclic) bond motifs is 1. The van der Waals surface area contributed by atoms with Crippen LogP contribution in [-0.2, 0) is 6.42 Å². The van der Waals surface area contributed by atoms with E-state index in [0.717, 1.165) is 30.8 Å². The van der Waals surface area contributed by atoms with Crippen molar-refractivity contribution >= 4 is 17.3 Å². The van der Waals surface area contributed by atoms with Crippen LogP contribution in [0.2, 0.25) is 0 Å². The van der Waals surface area contributed by atoms with E-state index >= 15 is 0 Å². The summed E-state index contributed by atoms with van der Waals surface area (Å²) >= 11 is 0. The van der Waals surface area contributed by atoms with Gasteiger partial charge in [-0.25, -0.2) is 0 Å². The Balaban J connectivity index is 1.81. The molecule has 2 aromatic carbocycles. The summed E-state index contributed by atoms with van der Waals surface area (Å²) in [5.74, 6) is -0.0558. The monoisotopic (exact) mass is 280 g/mol. The number of hydrogen-bond acceptors (Lipinski definition) is 2. The maximum absolute atomic E-state index is 12.3. The molecule has 0 unspecified atom stereocenters. The fraction of sp³-hybridized carbons (Fsp3) is 0.278. The number of hydrogen-bond donors (Lipinski definition) is 1. The van der Waals surface area contributed by atoms with Gasteiger partial charge in [-0.05, 0) is 50.1 Å². The topological polar surface area (TPSA) is 32.3 Å². The number of anilines is 2. The highest BCUT2D eigenvalue weighted by Crippen LogP contribution is 2.30. The first kappa shape index (κ1) is 13.7. The molecule has 21 heavy (non-hydrogen) atoms. The number of amides is 1. The molecule has 2 aromatic rings. The molecule has 108 valence electrons. The molecular formula is C18H20N2O. The van der Waals surface area contributed by atoms with Gasteiger partial charge < -0.3 is 10.2 Å². The van der Waals surface area contributed by atoms with Gasteiger partial charge in [0.05, 0.1) is 0 Å². The third-order valence-electron chi connectivity index (χ3n) is 4.00. The van der Waals surface area contributed by atoms with Gasteiger partial charge in [-0.2, -0.15) is 0 Å². The second kappa shape index (κ2) is 5.60. The maximum atomic E-state index is 12.3. The van der Waals surface area contributed by atoms with Crippen LogP contribution in [0.25, 0.3) is 0 Å². The Morgan fingerprint density at radius 2 is 2.10 bits per heavy atom. The Bertz CT molecular complexity index is 679. The number of carbonyl (C=O) groups is 1. The van der Waals surface area contributed by atoms with Gasteiger partial charge in [-0.3, -0.25) is 4.79 Å². The van der Waals surface area contributed by atoms with Gasteiger partial charge in [-0.1, -0.05) is 23.8 Å². The summed E-state index contributed by atoms with van der Waals surface area (Å²) in [6, 6.07) is 13.8. The van der Waals surface area contributed by atoms with E-state index in [1.165, 1.54) is 11.3 Å². The minimum Gasteiger partial charge on any atom is -0.371 e. The molecule has 0 fully saturated rings. The smallest absolute Gasteiger partial charge is 0.255 e. The number of nitrogens with zero attached hydrogens (tertiary/aromatic N) is 1. The van der Waals surface area contributed by atoms with Crippen LogP contribution in [-0.4, -0.2) is 19.0 Å². The number of benzene rings is 2. The van der Waals surface area contributed by atoms with Crippen molar-refractivity contribution in [2.24, 2.45) is 0 Å². The van der Waals surface area contributed by atoms with Crippen LogP contribution in [0.3, 0.4) is 0 Å². The van der Waals surface area contributed by atoms with Gasteiger partial charge in [0.1, 0.15) is 0 Å². The molecule has 1 aliphatic rings. The predicted molar refractivity (Wildman–Crippen MR) is 87.2 cm³/mol. The van der Waals surface area contributed by atoms with Gasteiger partial charge >= 0.3 is 0 Å². The van der Waals surface area contributed by atoms with E-state index < -0.39 is 0 Å². The SMILES string of the molecule is CCN1CCc2ccc(NC(=O)c3cccc(C)c3)cc21. The Kier molecular flexibility index (Phi) is 3.65. The van der Waals surface area contributed by atoms with Crippen LogP contribution in [0.4, 0.5) is 11.4 Å². The zero-order valence-electron chi connectivity index (χ0n) is 12.5. The van der Waals surface area contributed by atoms with Crippen LogP contribution in [0, 0.1) is 6.92 Å². The fourth-order valence-electron chi connectivity index (χ4n) is 2.84. The molecule has 3 nitrogen and oxygen atoms in total. The molecule has 1 amide bonds. The van der Waals surface area contributed by atoms with Crippen molar-refractivity contribution in [1.82, 2.24) is 0 Å². The molecule has 0 radical (unpaired) electrons. The van der Waals surface area contributed by atoms with Crippen LogP contribution in [0.1, 0.15) is 28.4 Å². The van der Waals surface area contributed by atoms with E-state index in [1.54, 1.807) is 0 Å². The number of rotatable bonds is 3. The standard InChI is InChI=1S/C18H20N2O/c1-3-20-10-9-14-7-8-16(12-17(14)20)19-18(21)15-6-4-5-13(2)11-15/h4-8,11-12H,3,9-10H2,1-2H3,(H,19,21). The first-order chi connectivity index (χ1) is 10.2. The Hall–Kier alpha value is -2.29. The summed E-state index contributed by atoms with van der Waals surface area (Å²) in [6.45, 7) is 6.22. The second-order valence-corrected chi connectivity index (χ2v) is 5.50. The molecule has 0 spiro atoms. The summed E-state index contributed by atoms with van der Waals surface area (Å²) in [4.78, 5) is 14.6. The molecule has 0 saturated heterocycles. The van der Waals surface area contributed by atoms with Crippen LogP contribution >= 0.6 is 0 Å². The summed E-state index contributed by atoms with van der Waals surface area (Å²) < 4.78 is 0. The van der Waals surface area contributed by atoms with E-state index in [9.17, 15) is 4.79 Å². The van der Waals surface area contributed by atoms with Crippen molar-refractivity contribution in [3.8, 4) is 0 Å². The summed E-state index contributed by atoms with van der Waals surface area (Å²) in [6.07, 6.45) is 1.09.